The summed E-state index contributed by atoms with van der Waals surface area (Å²) < 4.78 is 27.0. The Kier molecular flexibility index (Phi) is 6.43. The van der Waals surface area contributed by atoms with Crippen LogP contribution in [-0.2, 0) is 6.42 Å². The zero-order valence-corrected chi connectivity index (χ0v) is 12.2. The molecule has 19 heavy (non-hydrogen) atoms. The molecule has 0 aliphatic heterocycles. The van der Waals surface area contributed by atoms with Crippen LogP contribution in [0.25, 0.3) is 0 Å². The fourth-order valence-electron chi connectivity index (χ4n) is 2.55. The van der Waals surface area contributed by atoms with Crippen LogP contribution in [0.3, 0.4) is 0 Å². The van der Waals surface area contributed by atoms with Crippen molar-refractivity contribution in [1.29, 1.82) is 0 Å². The van der Waals surface area contributed by atoms with E-state index in [0.29, 0.717) is 12.0 Å². The van der Waals surface area contributed by atoms with Crippen LogP contribution < -0.4 is 5.32 Å². The maximum Gasteiger partial charge on any atom is 0.162 e. The summed E-state index contributed by atoms with van der Waals surface area (Å²) in [6.45, 7) is 8.19. The Bertz CT molecular complexity index is 392. The summed E-state index contributed by atoms with van der Waals surface area (Å²) in [4.78, 5) is 0. The van der Waals surface area contributed by atoms with Crippen LogP contribution in [0.15, 0.2) is 18.2 Å². The van der Waals surface area contributed by atoms with Gasteiger partial charge in [0.25, 0.3) is 0 Å². The van der Waals surface area contributed by atoms with Crippen molar-refractivity contribution in [3.63, 3.8) is 0 Å². The minimum Gasteiger partial charge on any atom is -0.316 e. The van der Waals surface area contributed by atoms with E-state index < -0.39 is 11.6 Å². The van der Waals surface area contributed by atoms with Crippen LogP contribution in [0.5, 0.6) is 0 Å². The van der Waals surface area contributed by atoms with Gasteiger partial charge >= 0.3 is 0 Å². The quantitative estimate of drug-likeness (QED) is 0.693. The lowest BCUT2D eigenvalue weighted by atomic mass is 9.79. The Morgan fingerprint density at radius 3 is 2.53 bits per heavy atom. The zero-order chi connectivity index (χ0) is 14.3. The highest BCUT2D eigenvalue weighted by atomic mass is 19.2. The van der Waals surface area contributed by atoms with Crippen LogP contribution in [-0.4, -0.2) is 13.1 Å². The van der Waals surface area contributed by atoms with Gasteiger partial charge in [0.1, 0.15) is 0 Å². The molecule has 1 aromatic carbocycles. The van der Waals surface area contributed by atoms with Crippen molar-refractivity contribution in [2.75, 3.05) is 13.1 Å². The van der Waals surface area contributed by atoms with Crippen LogP contribution in [0.1, 0.15) is 45.6 Å². The fourth-order valence-corrected chi connectivity index (χ4v) is 2.55. The summed E-state index contributed by atoms with van der Waals surface area (Å²) in [5, 5.41) is 3.40. The molecule has 0 bridgehead atoms. The third-order valence-electron chi connectivity index (χ3n) is 3.48. The first kappa shape index (κ1) is 16.1. The molecule has 0 aliphatic carbocycles. The Morgan fingerprint density at radius 1 is 1.16 bits per heavy atom. The fraction of sp³-hybridized carbons (Fsp3) is 0.625. The van der Waals surface area contributed by atoms with E-state index in [1.165, 1.54) is 6.07 Å². The second-order valence-corrected chi connectivity index (χ2v) is 5.63. The highest BCUT2D eigenvalue weighted by molar-refractivity contribution is 5.20. The molecule has 0 saturated carbocycles. The van der Waals surface area contributed by atoms with Gasteiger partial charge in [-0.2, -0.15) is 0 Å². The second kappa shape index (κ2) is 7.59. The number of halogens is 2. The van der Waals surface area contributed by atoms with Gasteiger partial charge in [0, 0.05) is 6.54 Å². The highest BCUT2D eigenvalue weighted by Crippen LogP contribution is 2.29. The largest absolute Gasteiger partial charge is 0.316 e. The molecular weight excluding hydrogens is 244 g/mol. The molecule has 0 fully saturated rings. The van der Waals surface area contributed by atoms with E-state index in [4.69, 9.17) is 0 Å². The van der Waals surface area contributed by atoms with Crippen molar-refractivity contribution in [2.45, 2.75) is 46.5 Å². The highest BCUT2D eigenvalue weighted by Gasteiger charge is 2.25. The Hall–Kier alpha value is -0.960. The van der Waals surface area contributed by atoms with Crippen molar-refractivity contribution in [2.24, 2.45) is 5.41 Å². The molecule has 1 atom stereocenters. The van der Waals surface area contributed by atoms with E-state index in [1.54, 1.807) is 12.1 Å². The summed E-state index contributed by atoms with van der Waals surface area (Å²) in [5.41, 5.74) is 0.452. The van der Waals surface area contributed by atoms with Crippen molar-refractivity contribution in [1.82, 2.24) is 5.32 Å². The molecule has 0 saturated heterocycles. The van der Waals surface area contributed by atoms with Gasteiger partial charge in [0.15, 0.2) is 11.6 Å². The third-order valence-corrected chi connectivity index (χ3v) is 3.48. The SMILES string of the molecule is CCCNCC(C)(CCC)Cc1cccc(F)c1F. The first-order valence-electron chi connectivity index (χ1n) is 7.16. The van der Waals surface area contributed by atoms with Gasteiger partial charge in [-0.25, -0.2) is 8.78 Å². The lowest BCUT2D eigenvalue weighted by Crippen LogP contribution is -2.34. The van der Waals surface area contributed by atoms with E-state index in [2.05, 4.69) is 26.1 Å². The molecule has 108 valence electrons. The van der Waals surface area contributed by atoms with E-state index in [1.807, 2.05) is 0 Å². The maximum absolute atomic E-state index is 13.8. The van der Waals surface area contributed by atoms with Crippen molar-refractivity contribution in [3.8, 4) is 0 Å². The minimum absolute atomic E-state index is 0.0292. The molecule has 1 rings (SSSR count). The van der Waals surface area contributed by atoms with Crippen LogP contribution in [0.2, 0.25) is 0 Å². The van der Waals surface area contributed by atoms with Crippen molar-refractivity contribution < 1.29 is 8.78 Å². The smallest absolute Gasteiger partial charge is 0.162 e. The van der Waals surface area contributed by atoms with Crippen molar-refractivity contribution in [3.05, 3.63) is 35.4 Å². The Balaban J connectivity index is 2.79. The number of hydrogen-bond acceptors (Lipinski definition) is 1. The molecule has 0 aromatic heterocycles. The molecule has 1 N–H and O–H groups in total. The van der Waals surface area contributed by atoms with Crippen molar-refractivity contribution >= 4 is 0 Å². The van der Waals surface area contributed by atoms with Crippen LogP contribution in [0, 0.1) is 17.0 Å². The number of hydrogen-bond donors (Lipinski definition) is 1. The summed E-state index contributed by atoms with van der Waals surface area (Å²) in [5.74, 6) is -1.45. The van der Waals surface area contributed by atoms with Crippen LogP contribution >= 0.6 is 0 Å². The predicted molar refractivity (Wildman–Crippen MR) is 76.2 cm³/mol. The summed E-state index contributed by atoms with van der Waals surface area (Å²) >= 11 is 0. The van der Waals surface area contributed by atoms with Crippen LogP contribution in [0.4, 0.5) is 8.78 Å². The molecular formula is C16H25F2N. The average Bonchev–Trinajstić information content (AvgIpc) is 2.36. The van der Waals surface area contributed by atoms with Gasteiger partial charge in [-0.15, -0.1) is 0 Å². The first-order chi connectivity index (χ1) is 9.02. The molecule has 3 heteroatoms. The first-order valence-corrected chi connectivity index (χ1v) is 7.16. The predicted octanol–water partition coefficient (Wildman–Crippen LogP) is 4.31. The molecule has 1 aromatic rings. The standard InChI is InChI=1S/C16H25F2N/c1-4-9-16(3,12-19-10-5-2)11-13-7-6-8-14(17)15(13)18/h6-8,19H,4-5,9-12H2,1-3H3. The summed E-state index contributed by atoms with van der Waals surface area (Å²) in [6.07, 6.45) is 3.69. The van der Waals surface area contributed by atoms with E-state index in [0.717, 1.165) is 32.4 Å². The summed E-state index contributed by atoms with van der Waals surface area (Å²) in [6, 6.07) is 4.44. The van der Waals surface area contributed by atoms with Gasteiger partial charge in [0.05, 0.1) is 0 Å². The van der Waals surface area contributed by atoms with Gasteiger partial charge in [-0.3, -0.25) is 0 Å². The van der Waals surface area contributed by atoms with E-state index >= 15 is 0 Å². The molecule has 0 heterocycles. The third kappa shape index (κ3) is 4.90. The van der Waals surface area contributed by atoms with Gasteiger partial charge < -0.3 is 5.32 Å². The normalized spacial score (nSPS) is 14.4. The zero-order valence-electron chi connectivity index (χ0n) is 12.2. The molecule has 1 nitrogen and oxygen atoms in total. The maximum atomic E-state index is 13.8. The molecule has 0 amide bonds. The van der Waals surface area contributed by atoms with E-state index in [-0.39, 0.29) is 5.41 Å². The Morgan fingerprint density at radius 2 is 1.89 bits per heavy atom. The second-order valence-electron chi connectivity index (χ2n) is 5.63. The Labute approximate surface area is 115 Å². The van der Waals surface area contributed by atoms with Gasteiger partial charge in [-0.1, -0.05) is 39.3 Å². The van der Waals surface area contributed by atoms with E-state index in [9.17, 15) is 8.78 Å². The lowest BCUT2D eigenvalue weighted by molar-refractivity contribution is 0.271. The minimum atomic E-state index is -0.752. The molecule has 1 unspecified atom stereocenters. The molecule has 0 radical (unpaired) electrons. The number of rotatable bonds is 8. The lowest BCUT2D eigenvalue weighted by Gasteiger charge is -2.30. The molecule has 0 aliphatic rings. The molecule has 0 spiro atoms. The van der Waals surface area contributed by atoms with Gasteiger partial charge in [0.2, 0.25) is 0 Å². The number of benzene rings is 1. The monoisotopic (exact) mass is 269 g/mol. The average molecular weight is 269 g/mol. The summed E-state index contributed by atoms with van der Waals surface area (Å²) in [7, 11) is 0. The topological polar surface area (TPSA) is 12.0 Å². The number of nitrogens with one attached hydrogen (secondary N) is 1. The van der Waals surface area contributed by atoms with Gasteiger partial charge in [-0.05, 0) is 42.9 Å².